The second-order valence-electron chi connectivity index (χ2n) is 5.88. The summed E-state index contributed by atoms with van der Waals surface area (Å²) in [5.41, 5.74) is -0.899. The molecule has 0 atom stereocenters. The summed E-state index contributed by atoms with van der Waals surface area (Å²) in [6.45, 7) is 5.42. The number of esters is 2. The van der Waals surface area contributed by atoms with Gasteiger partial charge in [-0.05, 0) is 50.6 Å². The lowest BCUT2D eigenvalue weighted by Gasteiger charge is -2.27. The molecule has 2 aromatic rings. The molecule has 26 heavy (non-hydrogen) atoms. The summed E-state index contributed by atoms with van der Waals surface area (Å²) in [4.78, 5) is 29.7. The fourth-order valence-corrected chi connectivity index (χ4v) is 4.96. The molecule has 2 aromatic carbocycles. The van der Waals surface area contributed by atoms with Crippen molar-refractivity contribution in [2.24, 2.45) is 0 Å². The molecule has 0 amide bonds. The summed E-state index contributed by atoms with van der Waals surface area (Å²) in [5, 5.41) is 0. The smallest absolute Gasteiger partial charge is 0.327 e. The average Bonchev–Trinajstić information content (AvgIpc) is 2.65. The van der Waals surface area contributed by atoms with Crippen molar-refractivity contribution < 1.29 is 19.1 Å². The van der Waals surface area contributed by atoms with Crippen molar-refractivity contribution >= 4 is 35.5 Å². The van der Waals surface area contributed by atoms with Gasteiger partial charge in [0.15, 0.2) is 5.41 Å². The van der Waals surface area contributed by atoms with E-state index in [2.05, 4.69) is 12.1 Å². The Morgan fingerprint density at radius 2 is 1.35 bits per heavy atom. The molecule has 0 fully saturated rings. The van der Waals surface area contributed by atoms with Crippen LogP contribution in [0.5, 0.6) is 0 Å². The molecule has 6 heteroatoms. The van der Waals surface area contributed by atoms with Gasteiger partial charge in [-0.2, -0.15) is 0 Å². The Morgan fingerprint density at radius 3 is 1.88 bits per heavy atom. The van der Waals surface area contributed by atoms with E-state index in [0.29, 0.717) is 5.56 Å². The van der Waals surface area contributed by atoms with Gasteiger partial charge in [-0.1, -0.05) is 41.7 Å². The first kappa shape index (κ1) is 18.9. The highest BCUT2D eigenvalue weighted by atomic mass is 32.2. The molecule has 1 aliphatic heterocycles. The summed E-state index contributed by atoms with van der Waals surface area (Å²) in [7, 11) is 0. The predicted octanol–water partition coefficient (Wildman–Crippen LogP) is 4.69. The molecule has 0 bridgehead atoms. The largest absolute Gasteiger partial charge is 0.465 e. The molecule has 0 radical (unpaired) electrons. The molecular weight excluding hydrogens is 368 g/mol. The maximum absolute atomic E-state index is 12.6. The first-order valence-corrected chi connectivity index (χ1v) is 10.1. The Morgan fingerprint density at radius 1 is 0.846 bits per heavy atom. The Balaban J connectivity index is 2.02. The molecule has 1 heterocycles. The van der Waals surface area contributed by atoms with Crippen LogP contribution in [-0.2, 0) is 24.5 Å². The van der Waals surface area contributed by atoms with E-state index < -0.39 is 17.4 Å². The van der Waals surface area contributed by atoms with Crippen LogP contribution in [0.25, 0.3) is 0 Å². The number of fused-ring (bicyclic) bond motifs is 2. The van der Waals surface area contributed by atoms with Crippen LogP contribution in [-0.4, -0.2) is 25.2 Å². The van der Waals surface area contributed by atoms with Gasteiger partial charge in [0, 0.05) is 19.6 Å². The standard InChI is InChI=1S/C20H20O4S2/c1-4-23-18(21)20(3,19(22)24-5-2)13-10-11-16-17(12-13)26-15-9-7-6-8-14(15)25-16/h6-12H,4-5H2,1-3H3. The maximum Gasteiger partial charge on any atom is 0.327 e. The summed E-state index contributed by atoms with van der Waals surface area (Å²) in [5.74, 6) is -1.18. The van der Waals surface area contributed by atoms with Crippen LogP contribution in [0.15, 0.2) is 62.0 Å². The van der Waals surface area contributed by atoms with Crippen LogP contribution in [0.1, 0.15) is 26.3 Å². The SMILES string of the molecule is CCOC(=O)C(C)(C(=O)OCC)c1ccc2c(c1)Sc1ccccc1S2. The molecule has 0 unspecified atom stereocenters. The van der Waals surface area contributed by atoms with E-state index in [4.69, 9.17) is 9.47 Å². The molecule has 0 saturated heterocycles. The highest BCUT2D eigenvalue weighted by Crippen LogP contribution is 2.49. The summed E-state index contributed by atoms with van der Waals surface area (Å²) < 4.78 is 10.4. The van der Waals surface area contributed by atoms with Gasteiger partial charge < -0.3 is 9.47 Å². The van der Waals surface area contributed by atoms with Crippen molar-refractivity contribution in [3.63, 3.8) is 0 Å². The predicted molar refractivity (Wildman–Crippen MR) is 102 cm³/mol. The lowest BCUT2D eigenvalue weighted by Crippen LogP contribution is -2.43. The first-order chi connectivity index (χ1) is 12.5. The monoisotopic (exact) mass is 388 g/mol. The van der Waals surface area contributed by atoms with Gasteiger partial charge in [-0.25, -0.2) is 0 Å². The van der Waals surface area contributed by atoms with Gasteiger partial charge in [0.25, 0.3) is 0 Å². The van der Waals surface area contributed by atoms with E-state index in [-0.39, 0.29) is 13.2 Å². The zero-order chi connectivity index (χ0) is 18.7. The molecule has 136 valence electrons. The third-order valence-corrected chi connectivity index (χ3v) is 6.72. The molecule has 3 rings (SSSR count). The lowest BCUT2D eigenvalue weighted by molar-refractivity contribution is -0.163. The number of hydrogen-bond acceptors (Lipinski definition) is 6. The second kappa shape index (κ2) is 7.76. The minimum absolute atomic E-state index is 0.205. The van der Waals surface area contributed by atoms with Crippen LogP contribution in [0.2, 0.25) is 0 Å². The van der Waals surface area contributed by atoms with Crippen molar-refractivity contribution in [3.05, 3.63) is 48.0 Å². The number of benzene rings is 2. The van der Waals surface area contributed by atoms with Crippen LogP contribution in [0.3, 0.4) is 0 Å². The Kier molecular flexibility index (Phi) is 5.63. The molecule has 0 aromatic heterocycles. The molecule has 0 aliphatic carbocycles. The molecule has 1 aliphatic rings. The van der Waals surface area contributed by atoms with E-state index in [1.54, 1.807) is 44.3 Å². The molecule has 0 spiro atoms. The van der Waals surface area contributed by atoms with E-state index in [0.717, 1.165) is 14.7 Å². The van der Waals surface area contributed by atoms with Crippen LogP contribution in [0, 0.1) is 0 Å². The number of rotatable bonds is 5. The number of carbonyl (C=O) groups is 2. The Labute approximate surface area is 161 Å². The topological polar surface area (TPSA) is 52.6 Å². The van der Waals surface area contributed by atoms with Gasteiger partial charge >= 0.3 is 11.9 Å². The van der Waals surface area contributed by atoms with Crippen molar-refractivity contribution in [2.75, 3.05) is 13.2 Å². The number of carbonyl (C=O) groups excluding carboxylic acids is 2. The minimum Gasteiger partial charge on any atom is -0.465 e. The zero-order valence-corrected chi connectivity index (χ0v) is 16.5. The van der Waals surface area contributed by atoms with Gasteiger partial charge in [-0.15, -0.1) is 0 Å². The number of hydrogen-bond donors (Lipinski definition) is 0. The molecular formula is C20H20O4S2. The minimum atomic E-state index is -1.48. The van der Waals surface area contributed by atoms with Gasteiger partial charge in [0.05, 0.1) is 13.2 Å². The summed E-state index contributed by atoms with van der Waals surface area (Å²) >= 11 is 3.32. The van der Waals surface area contributed by atoms with E-state index in [1.807, 2.05) is 30.3 Å². The second-order valence-corrected chi connectivity index (χ2v) is 8.05. The third kappa shape index (κ3) is 3.35. The molecule has 0 saturated carbocycles. The number of ether oxygens (including phenoxy) is 2. The van der Waals surface area contributed by atoms with Crippen molar-refractivity contribution in [1.82, 2.24) is 0 Å². The van der Waals surface area contributed by atoms with E-state index in [1.165, 1.54) is 4.90 Å². The zero-order valence-electron chi connectivity index (χ0n) is 14.9. The summed E-state index contributed by atoms with van der Waals surface area (Å²) in [6.07, 6.45) is 0. The van der Waals surface area contributed by atoms with Crippen LogP contribution < -0.4 is 0 Å². The highest BCUT2D eigenvalue weighted by molar-refractivity contribution is 8.05. The average molecular weight is 389 g/mol. The Hall–Kier alpha value is -1.92. The third-order valence-electron chi connectivity index (χ3n) is 4.18. The highest BCUT2D eigenvalue weighted by Gasteiger charge is 2.46. The maximum atomic E-state index is 12.6. The molecule has 4 nitrogen and oxygen atoms in total. The van der Waals surface area contributed by atoms with E-state index in [9.17, 15) is 9.59 Å². The summed E-state index contributed by atoms with van der Waals surface area (Å²) in [6, 6.07) is 13.8. The van der Waals surface area contributed by atoms with Crippen molar-refractivity contribution in [1.29, 1.82) is 0 Å². The van der Waals surface area contributed by atoms with Gasteiger partial charge in [-0.3, -0.25) is 9.59 Å². The normalized spacial score (nSPS) is 12.7. The fraction of sp³-hybridized carbons (Fsp3) is 0.300. The Bertz CT molecular complexity index is 829. The first-order valence-electron chi connectivity index (χ1n) is 8.44. The quantitative estimate of drug-likeness (QED) is 0.467. The van der Waals surface area contributed by atoms with Gasteiger partial charge in [0.2, 0.25) is 0 Å². The van der Waals surface area contributed by atoms with Crippen LogP contribution in [0.4, 0.5) is 0 Å². The van der Waals surface area contributed by atoms with Crippen molar-refractivity contribution in [2.45, 2.75) is 45.8 Å². The fourth-order valence-electron chi connectivity index (χ4n) is 2.71. The van der Waals surface area contributed by atoms with Crippen molar-refractivity contribution in [3.8, 4) is 0 Å². The molecule has 0 N–H and O–H groups in total. The van der Waals surface area contributed by atoms with Gasteiger partial charge in [0.1, 0.15) is 0 Å². The lowest BCUT2D eigenvalue weighted by atomic mass is 9.82. The van der Waals surface area contributed by atoms with Crippen LogP contribution >= 0.6 is 23.5 Å². The van der Waals surface area contributed by atoms with E-state index >= 15 is 0 Å².